The van der Waals surface area contributed by atoms with E-state index >= 15 is 0 Å². The van der Waals surface area contributed by atoms with Gasteiger partial charge in [-0.05, 0) is 30.3 Å². The van der Waals surface area contributed by atoms with E-state index in [4.69, 9.17) is 22.3 Å². The van der Waals surface area contributed by atoms with Crippen molar-refractivity contribution in [3.05, 3.63) is 51.9 Å². The van der Waals surface area contributed by atoms with Crippen LogP contribution in [0.2, 0.25) is 5.02 Å². The lowest BCUT2D eigenvalue weighted by Crippen LogP contribution is -2.22. The first-order valence-corrected chi connectivity index (χ1v) is 8.94. The van der Waals surface area contributed by atoms with Gasteiger partial charge >= 0.3 is 0 Å². The molecule has 2 aromatic rings. The standard InChI is InChI=1S/C12H9Cl2NO3S2/c13-9-3-1-2-8(6-9)12(16)15-7-10-4-5-11(19-10)20(14,17)18/h1-6H,7H2,(H,15,16). The smallest absolute Gasteiger partial charge is 0.270 e. The summed E-state index contributed by atoms with van der Waals surface area (Å²) in [6.07, 6.45) is 0. The summed E-state index contributed by atoms with van der Waals surface area (Å²) in [6.45, 7) is 0.225. The molecular weight excluding hydrogens is 341 g/mol. The van der Waals surface area contributed by atoms with Crippen LogP contribution in [0.4, 0.5) is 0 Å². The fourth-order valence-electron chi connectivity index (χ4n) is 1.48. The Morgan fingerprint density at radius 1 is 1.25 bits per heavy atom. The van der Waals surface area contributed by atoms with Crippen molar-refractivity contribution >= 4 is 48.6 Å². The molecule has 8 heteroatoms. The van der Waals surface area contributed by atoms with Crippen LogP contribution in [0.15, 0.2) is 40.6 Å². The van der Waals surface area contributed by atoms with Crippen LogP contribution in [-0.2, 0) is 15.6 Å². The molecule has 0 unspecified atom stereocenters. The lowest BCUT2D eigenvalue weighted by molar-refractivity contribution is 0.0951. The topological polar surface area (TPSA) is 63.2 Å². The lowest BCUT2D eigenvalue weighted by atomic mass is 10.2. The van der Waals surface area contributed by atoms with Gasteiger partial charge in [0.2, 0.25) is 0 Å². The Morgan fingerprint density at radius 2 is 2.00 bits per heavy atom. The lowest BCUT2D eigenvalue weighted by Gasteiger charge is -2.03. The van der Waals surface area contributed by atoms with Crippen LogP contribution < -0.4 is 5.32 Å². The maximum Gasteiger partial charge on any atom is 0.270 e. The average molecular weight is 350 g/mol. The second-order valence-electron chi connectivity index (χ2n) is 3.85. The number of amides is 1. The highest BCUT2D eigenvalue weighted by molar-refractivity contribution is 8.15. The molecule has 20 heavy (non-hydrogen) atoms. The van der Waals surface area contributed by atoms with Crippen LogP contribution in [0.5, 0.6) is 0 Å². The maximum absolute atomic E-state index is 11.9. The zero-order valence-corrected chi connectivity index (χ0v) is 13.1. The predicted octanol–water partition coefficient (Wildman–Crippen LogP) is 3.26. The molecular formula is C12H9Cl2NO3S2. The van der Waals surface area contributed by atoms with Crippen molar-refractivity contribution in [2.45, 2.75) is 10.8 Å². The van der Waals surface area contributed by atoms with Crippen molar-refractivity contribution in [2.24, 2.45) is 0 Å². The Balaban J connectivity index is 2.02. The highest BCUT2D eigenvalue weighted by Gasteiger charge is 2.13. The van der Waals surface area contributed by atoms with Crippen molar-refractivity contribution in [1.82, 2.24) is 5.32 Å². The third-order valence-electron chi connectivity index (χ3n) is 2.39. The van der Waals surface area contributed by atoms with Crippen LogP contribution in [0.1, 0.15) is 15.2 Å². The largest absolute Gasteiger partial charge is 0.347 e. The summed E-state index contributed by atoms with van der Waals surface area (Å²) in [4.78, 5) is 12.6. The number of rotatable bonds is 4. The maximum atomic E-state index is 11.9. The zero-order chi connectivity index (χ0) is 14.8. The van der Waals surface area contributed by atoms with Gasteiger partial charge < -0.3 is 5.32 Å². The van der Waals surface area contributed by atoms with E-state index < -0.39 is 9.05 Å². The van der Waals surface area contributed by atoms with Gasteiger partial charge in [-0.2, -0.15) is 0 Å². The second kappa shape index (κ2) is 6.13. The van der Waals surface area contributed by atoms with Gasteiger partial charge in [-0.1, -0.05) is 17.7 Å². The molecule has 0 aliphatic carbocycles. The molecule has 0 spiro atoms. The molecule has 2 rings (SSSR count). The molecule has 0 atom stereocenters. The molecule has 106 valence electrons. The van der Waals surface area contributed by atoms with Gasteiger partial charge in [-0.15, -0.1) is 11.3 Å². The van der Waals surface area contributed by atoms with Gasteiger partial charge in [0.15, 0.2) is 0 Å². The normalized spacial score (nSPS) is 11.3. The Morgan fingerprint density at radius 3 is 2.60 bits per heavy atom. The van der Waals surface area contributed by atoms with Gasteiger partial charge in [-0.25, -0.2) is 8.42 Å². The summed E-state index contributed by atoms with van der Waals surface area (Å²) in [5, 5.41) is 3.16. The molecule has 1 aromatic carbocycles. The number of hydrogen-bond donors (Lipinski definition) is 1. The van der Waals surface area contributed by atoms with Crippen LogP contribution >= 0.6 is 33.6 Å². The van der Waals surface area contributed by atoms with Crippen LogP contribution in [0.3, 0.4) is 0 Å². The summed E-state index contributed by atoms with van der Waals surface area (Å²) in [6, 6.07) is 9.58. The van der Waals surface area contributed by atoms with Gasteiger partial charge in [0.1, 0.15) is 4.21 Å². The van der Waals surface area contributed by atoms with E-state index in [0.29, 0.717) is 15.5 Å². The summed E-state index contributed by atoms with van der Waals surface area (Å²) < 4.78 is 22.3. The molecule has 4 nitrogen and oxygen atoms in total. The molecule has 1 heterocycles. The number of halogens is 2. The Bertz CT molecular complexity index is 741. The molecule has 0 fully saturated rings. The summed E-state index contributed by atoms with van der Waals surface area (Å²) in [7, 11) is 1.51. The molecule has 0 saturated carbocycles. The number of carbonyl (C=O) groups excluding carboxylic acids is 1. The van der Waals surface area contributed by atoms with Crippen molar-refractivity contribution in [3.63, 3.8) is 0 Å². The fraction of sp³-hybridized carbons (Fsp3) is 0.0833. The minimum Gasteiger partial charge on any atom is -0.347 e. The van der Waals surface area contributed by atoms with Crippen molar-refractivity contribution < 1.29 is 13.2 Å². The van der Waals surface area contributed by atoms with Crippen LogP contribution in [-0.4, -0.2) is 14.3 Å². The van der Waals surface area contributed by atoms with Crippen LogP contribution in [0, 0.1) is 0 Å². The zero-order valence-electron chi connectivity index (χ0n) is 9.97. The minimum absolute atomic E-state index is 0.0613. The number of thiophene rings is 1. The van der Waals surface area contributed by atoms with Crippen molar-refractivity contribution in [3.8, 4) is 0 Å². The van der Waals surface area contributed by atoms with E-state index in [0.717, 1.165) is 11.3 Å². The molecule has 0 bridgehead atoms. The quantitative estimate of drug-likeness (QED) is 0.861. The van der Waals surface area contributed by atoms with Crippen molar-refractivity contribution in [2.75, 3.05) is 0 Å². The summed E-state index contributed by atoms with van der Waals surface area (Å²) in [5.74, 6) is -0.281. The summed E-state index contributed by atoms with van der Waals surface area (Å²) >= 11 is 6.82. The van der Waals surface area contributed by atoms with Gasteiger partial charge in [0.05, 0.1) is 6.54 Å². The van der Waals surface area contributed by atoms with E-state index in [1.54, 1.807) is 30.3 Å². The molecule has 0 aliphatic heterocycles. The summed E-state index contributed by atoms with van der Waals surface area (Å²) in [5.41, 5.74) is 0.444. The molecule has 0 aliphatic rings. The number of nitrogens with one attached hydrogen (secondary N) is 1. The molecule has 0 saturated heterocycles. The number of hydrogen-bond acceptors (Lipinski definition) is 4. The first-order valence-electron chi connectivity index (χ1n) is 5.43. The fourth-order valence-corrected chi connectivity index (χ4v) is 3.74. The first kappa shape index (κ1) is 15.3. The van der Waals surface area contributed by atoms with Gasteiger partial charge in [0.25, 0.3) is 15.0 Å². The minimum atomic E-state index is -3.72. The number of carbonyl (C=O) groups is 1. The van der Waals surface area contributed by atoms with E-state index in [1.807, 2.05) is 0 Å². The SMILES string of the molecule is O=C(NCc1ccc(S(=O)(=O)Cl)s1)c1cccc(Cl)c1. The Hall–Kier alpha value is -1.08. The molecule has 1 aromatic heterocycles. The highest BCUT2D eigenvalue weighted by Crippen LogP contribution is 2.24. The Kier molecular flexibility index (Phi) is 4.70. The highest BCUT2D eigenvalue weighted by atomic mass is 35.7. The monoisotopic (exact) mass is 349 g/mol. The van der Waals surface area contributed by atoms with Crippen LogP contribution in [0.25, 0.3) is 0 Å². The third kappa shape index (κ3) is 3.96. The first-order chi connectivity index (χ1) is 9.36. The third-order valence-corrected chi connectivity index (χ3v) is 5.80. The average Bonchev–Trinajstić information content (AvgIpc) is 2.84. The number of benzene rings is 1. The van der Waals surface area contributed by atoms with Gasteiger partial charge in [-0.3, -0.25) is 4.79 Å². The van der Waals surface area contributed by atoms with E-state index in [9.17, 15) is 13.2 Å². The second-order valence-corrected chi connectivity index (χ2v) is 8.25. The van der Waals surface area contributed by atoms with Crippen molar-refractivity contribution in [1.29, 1.82) is 0 Å². The van der Waals surface area contributed by atoms with E-state index in [2.05, 4.69) is 5.32 Å². The molecule has 1 amide bonds. The van der Waals surface area contributed by atoms with E-state index in [-0.39, 0.29) is 16.7 Å². The van der Waals surface area contributed by atoms with E-state index in [1.165, 1.54) is 6.07 Å². The molecule has 1 N–H and O–H groups in total. The predicted molar refractivity (Wildman–Crippen MR) is 80.0 cm³/mol. The Labute approximate surface area is 129 Å². The van der Waals surface area contributed by atoms with Gasteiger partial charge in [0, 0.05) is 26.1 Å². The molecule has 0 radical (unpaired) electrons.